The molecule has 1 aliphatic rings. The Morgan fingerprint density at radius 1 is 1.11 bits per heavy atom. The molecule has 2 nitrogen and oxygen atoms in total. The summed E-state index contributed by atoms with van der Waals surface area (Å²) in [5, 5.41) is 0.855. The van der Waals surface area contributed by atoms with E-state index in [2.05, 4.69) is 11.5 Å². The third kappa shape index (κ3) is 4.48. The first-order valence-corrected chi connectivity index (χ1v) is 7.88. The molecule has 0 spiro atoms. The second kappa shape index (κ2) is 7.88. The number of hydrogen-bond donors (Lipinski definition) is 2. The molecule has 3 N–H and O–H groups in total. The van der Waals surface area contributed by atoms with Crippen LogP contribution in [0, 0.1) is 5.92 Å². The van der Waals surface area contributed by atoms with E-state index < -0.39 is 0 Å². The van der Waals surface area contributed by atoms with E-state index in [1.165, 1.54) is 50.5 Å². The van der Waals surface area contributed by atoms with Crippen LogP contribution in [0.15, 0.2) is 24.3 Å². The lowest BCUT2D eigenvalue weighted by molar-refractivity contribution is 0.285. The van der Waals surface area contributed by atoms with Crippen molar-refractivity contribution < 1.29 is 0 Å². The van der Waals surface area contributed by atoms with Crippen molar-refractivity contribution in [1.29, 1.82) is 0 Å². The average molecular weight is 281 g/mol. The van der Waals surface area contributed by atoms with Gasteiger partial charge in [0, 0.05) is 11.1 Å². The van der Waals surface area contributed by atoms with Gasteiger partial charge < -0.3 is 0 Å². The maximum Gasteiger partial charge on any atom is 0.0438 e. The topological polar surface area (TPSA) is 38.0 Å². The van der Waals surface area contributed by atoms with Gasteiger partial charge in [-0.05, 0) is 36.8 Å². The first kappa shape index (κ1) is 14.8. The number of hydrazine groups is 1. The summed E-state index contributed by atoms with van der Waals surface area (Å²) in [5.74, 6) is 6.48. The van der Waals surface area contributed by atoms with Crippen molar-refractivity contribution in [1.82, 2.24) is 5.43 Å². The van der Waals surface area contributed by atoms with Gasteiger partial charge >= 0.3 is 0 Å². The predicted molar refractivity (Wildman–Crippen MR) is 82.1 cm³/mol. The van der Waals surface area contributed by atoms with Crippen molar-refractivity contribution in [3.8, 4) is 0 Å². The number of nitrogens with two attached hydrogens (primary N) is 1. The average Bonchev–Trinajstić information content (AvgIpc) is 2.38. The maximum absolute atomic E-state index is 6.25. The highest BCUT2D eigenvalue weighted by Gasteiger charge is 2.22. The number of halogens is 1. The lowest BCUT2D eigenvalue weighted by Gasteiger charge is -2.28. The molecule has 0 aliphatic heterocycles. The first-order valence-electron chi connectivity index (χ1n) is 7.51. The van der Waals surface area contributed by atoms with E-state index in [0.717, 1.165) is 11.4 Å². The molecule has 106 valence electrons. The largest absolute Gasteiger partial charge is 0.271 e. The van der Waals surface area contributed by atoms with E-state index in [0.29, 0.717) is 12.0 Å². The second-order valence-electron chi connectivity index (χ2n) is 5.67. The summed E-state index contributed by atoms with van der Waals surface area (Å²) in [6, 6.07) is 8.44. The summed E-state index contributed by atoms with van der Waals surface area (Å²) >= 11 is 6.25. The van der Waals surface area contributed by atoms with E-state index >= 15 is 0 Å². The highest BCUT2D eigenvalue weighted by molar-refractivity contribution is 6.31. The molecule has 0 radical (unpaired) electrons. The van der Waals surface area contributed by atoms with Crippen LogP contribution in [0.4, 0.5) is 0 Å². The van der Waals surface area contributed by atoms with Gasteiger partial charge in [0.25, 0.3) is 0 Å². The molecule has 1 fully saturated rings. The van der Waals surface area contributed by atoms with Gasteiger partial charge in [-0.25, -0.2) is 0 Å². The number of rotatable bonds is 4. The fraction of sp³-hybridized carbons (Fsp3) is 0.625. The summed E-state index contributed by atoms with van der Waals surface area (Å²) in [5.41, 5.74) is 4.24. The highest BCUT2D eigenvalue weighted by atomic mass is 35.5. The Balaban J connectivity index is 2.00. The minimum absolute atomic E-state index is 0.345. The molecule has 1 aliphatic carbocycles. The SMILES string of the molecule is NNC(Cc1ccccc1Cl)C1CCCCCCC1. The van der Waals surface area contributed by atoms with Crippen LogP contribution in [-0.2, 0) is 6.42 Å². The number of nitrogens with one attached hydrogen (secondary N) is 1. The van der Waals surface area contributed by atoms with Gasteiger partial charge in [0.15, 0.2) is 0 Å². The van der Waals surface area contributed by atoms with Crippen molar-refractivity contribution in [2.75, 3.05) is 0 Å². The molecule has 0 heterocycles. The van der Waals surface area contributed by atoms with Crippen molar-refractivity contribution in [3.63, 3.8) is 0 Å². The first-order chi connectivity index (χ1) is 9.31. The van der Waals surface area contributed by atoms with E-state index in [1.54, 1.807) is 0 Å². The Labute approximate surface area is 121 Å². The van der Waals surface area contributed by atoms with Crippen molar-refractivity contribution in [2.24, 2.45) is 11.8 Å². The van der Waals surface area contributed by atoms with E-state index in [-0.39, 0.29) is 0 Å². The van der Waals surface area contributed by atoms with E-state index in [9.17, 15) is 0 Å². The van der Waals surface area contributed by atoms with Crippen molar-refractivity contribution >= 4 is 11.6 Å². The minimum atomic E-state index is 0.345. The van der Waals surface area contributed by atoms with Crippen LogP contribution in [0.1, 0.15) is 50.5 Å². The second-order valence-corrected chi connectivity index (χ2v) is 6.08. The van der Waals surface area contributed by atoms with Crippen LogP contribution in [-0.4, -0.2) is 6.04 Å². The summed E-state index contributed by atoms with van der Waals surface area (Å²) in [6.45, 7) is 0. The quantitative estimate of drug-likeness (QED) is 0.644. The third-order valence-electron chi connectivity index (χ3n) is 4.33. The van der Waals surface area contributed by atoms with Crippen molar-refractivity contribution in [2.45, 2.75) is 57.4 Å². The maximum atomic E-state index is 6.25. The number of hydrogen-bond acceptors (Lipinski definition) is 2. The minimum Gasteiger partial charge on any atom is -0.271 e. The number of benzene rings is 1. The molecule has 3 heteroatoms. The zero-order valence-corrected chi connectivity index (χ0v) is 12.3. The Kier molecular flexibility index (Phi) is 6.15. The Morgan fingerprint density at radius 2 is 1.74 bits per heavy atom. The molecule has 1 aromatic carbocycles. The fourth-order valence-electron chi connectivity index (χ4n) is 3.15. The lowest BCUT2D eigenvalue weighted by atomic mass is 9.83. The molecule has 1 saturated carbocycles. The van der Waals surface area contributed by atoms with Crippen molar-refractivity contribution in [3.05, 3.63) is 34.9 Å². The Bertz CT molecular complexity index is 373. The van der Waals surface area contributed by atoms with Gasteiger partial charge in [-0.1, -0.05) is 61.9 Å². The van der Waals surface area contributed by atoms with Crippen LogP contribution in [0.5, 0.6) is 0 Å². The molecule has 0 bridgehead atoms. The molecule has 1 aromatic rings. The molecular formula is C16H25ClN2. The Morgan fingerprint density at radius 3 is 2.37 bits per heavy atom. The molecule has 0 saturated heterocycles. The normalized spacial score (nSPS) is 19.7. The van der Waals surface area contributed by atoms with Gasteiger partial charge in [-0.3, -0.25) is 11.3 Å². The van der Waals surface area contributed by atoms with E-state index in [4.69, 9.17) is 17.4 Å². The third-order valence-corrected chi connectivity index (χ3v) is 4.70. The molecular weight excluding hydrogens is 256 g/mol. The van der Waals surface area contributed by atoms with Crippen LogP contribution < -0.4 is 11.3 Å². The van der Waals surface area contributed by atoms with Gasteiger partial charge in [-0.2, -0.15) is 0 Å². The van der Waals surface area contributed by atoms with Crippen LogP contribution in [0.2, 0.25) is 5.02 Å². The standard InChI is InChI=1S/C16H25ClN2/c17-15-11-7-6-10-14(15)12-16(19-18)13-8-4-2-1-3-5-9-13/h6-7,10-11,13,16,19H,1-5,8-9,12,18H2. The van der Waals surface area contributed by atoms with Gasteiger partial charge in [0.05, 0.1) is 0 Å². The summed E-state index contributed by atoms with van der Waals surface area (Å²) < 4.78 is 0. The highest BCUT2D eigenvalue weighted by Crippen LogP contribution is 2.27. The summed E-state index contributed by atoms with van der Waals surface area (Å²) in [4.78, 5) is 0. The lowest BCUT2D eigenvalue weighted by Crippen LogP contribution is -2.42. The van der Waals surface area contributed by atoms with Crippen LogP contribution in [0.25, 0.3) is 0 Å². The molecule has 0 amide bonds. The molecule has 19 heavy (non-hydrogen) atoms. The zero-order chi connectivity index (χ0) is 13.5. The Hall–Kier alpha value is -0.570. The van der Waals surface area contributed by atoms with Gasteiger partial charge in [-0.15, -0.1) is 0 Å². The molecule has 2 rings (SSSR count). The summed E-state index contributed by atoms with van der Waals surface area (Å²) in [6.07, 6.45) is 10.3. The van der Waals surface area contributed by atoms with Crippen LogP contribution in [0.3, 0.4) is 0 Å². The smallest absolute Gasteiger partial charge is 0.0438 e. The van der Waals surface area contributed by atoms with Gasteiger partial charge in [0.2, 0.25) is 0 Å². The zero-order valence-electron chi connectivity index (χ0n) is 11.6. The molecule has 1 unspecified atom stereocenters. The monoisotopic (exact) mass is 280 g/mol. The predicted octanol–water partition coefficient (Wildman–Crippen LogP) is 4.07. The van der Waals surface area contributed by atoms with Crippen LogP contribution >= 0.6 is 11.6 Å². The summed E-state index contributed by atoms with van der Waals surface area (Å²) in [7, 11) is 0. The molecule has 1 atom stereocenters. The molecule has 0 aromatic heterocycles. The van der Waals surface area contributed by atoms with E-state index in [1.807, 2.05) is 18.2 Å². The van der Waals surface area contributed by atoms with Gasteiger partial charge in [0.1, 0.15) is 0 Å². The fourth-order valence-corrected chi connectivity index (χ4v) is 3.37.